The second kappa shape index (κ2) is 23.2. The number of carbonyl (C=O) groups is 4. The smallest absolute Gasteiger partial charge is 0.437 e. The molecule has 2 aliphatic rings. The summed E-state index contributed by atoms with van der Waals surface area (Å²) < 4.78 is 38.8. The van der Waals surface area contributed by atoms with Crippen molar-refractivity contribution in [1.29, 1.82) is 0 Å². The number of nitrogens with one attached hydrogen (secondary N) is 2. The summed E-state index contributed by atoms with van der Waals surface area (Å²) in [5, 5.41) is 15.4. The molecule has 0 radical (unpaired) electrons. The van der Waals surface area contributed by atoms with E-state index in [1.54, 1.807) is 123 Å². The van der Waals surface area contributed by atoms with Gasteiger partial charge in [0.15, 0.2) is 0 Å². The van der Waals surface area contributed by atoms with Crippen LogP contribution in [0.2, 0.25) is 10.0 Å². The Morgan fingerprint density at radius 2 is 0.969 bits per heavy atom. The van der Waals surface area contributed by atoms with Gasteiger partial charge < -0.3 is 48.4 Å². The summed E-state index contributed by atoms with van der Waals surface area (Å²) in [7, 11) is 0. The van der Waals surface area contributed by atoms with Crippen molar-refractivity contribution in [2.75, 3.05) is 75.4 Å². The average molecular weight is 956 g/mol. The molecule has 2 aromatic rings. The van der Waals surface area contributed by atoms with E-state index >= 15 is 0 Å². The lowest BCUT2D eigenvalue weighted by atomic mass is 10.2. The highest BCUT2D eigenvalue weighted by molar-refractivity contribution is 6.32. The van der Waals surface area contributed by atoms with Crippen LogP contribution in [0.5, 0.6) is 11.5 Å². The Balaban J connectivity index is 0.000000347. The first-order valence-electron chi connectivity index (χ1n) is 21.1. The molecular formula is C44H65Cl2FN8O10. The van der Waals surface area contributed by atoms with Gasteiger partial charge >= 0.3 is 24.4 Å². The first-order valence-corrected chi connectivity index (χ1v) is 21.9. The average Bonchev–Trinajstić information content (AvgIpc) is 3.15. The molecule has 2 saturated heterocycles. The predicted molar refractivity (Wildman–Crippen MR) is 250 cm³/mol. The number of halogens is 3. The number of phenols is 1. The minimum Gasteiger partial charge on any atom is -0.506 e. The minimum absolute atomic E-state index is 0.0254. The molecule has 0 bridgehead atoms. The summed E-state index contributed by atoms with van der Waals surface area (Å²) in [5.74, 6) is 0.593. The molecule has 0 unspecified atom stereocenters. The van der Waals surface area contributed by atoms with E-state index in [1.807, 2.05) is 6.07 Å². The van der Waals surface area contributed by atoms with Crippen LogP contribution >= 0.6 is 23.2 Å². The van der Waals surface area contributed by atoms with Crippen molar-refractivity contribution in [1.82, 2.24) is 20.4 Å². The molecule has 0 aromatic heterocycles. The van der Waals surface area contributed by atoms with Crippen LogP contribution in [0.4, 0.5) is 34.9 Å². The molecular weight excluding hydrogens is 890 g/mol. The predicted octanol–water partition coefficient (Wildman–Crippen LogP) is 8.61. The van der Waals surface area contributed by atoms with Crippen LogP contribution in [0.25, 0.3) is 0 Å². The molecule has 18 nitrogen and oxygen atoms in total. The molecule has 362 valence electrons. The molecule has 4 amide bonds. The van der Waals surface area contributed by atoms with Crippen molar-refractivity contribution in [3.05, 3.63) is 46.4 Å². The fourth-order valence-electron chi connectivity index (χ4n) is 5.89. The van der Waals surface area contributed by atoms with Gasteiger partial charge in [-0.1, -0.05) is 23.2 Å². The van der Waals surface area contributed by atoms with E-state index in [-0.39, 0.29) is 29.3 Å². The number of amides is 4. The van der Waals surface area contributed by atoms with Crippen molar-refractivity contribution in [3.8, 4) is 11.5 Å². The van der Waals surface area contributed by atoms with E-state index in [4.69, 9.17) is 46.9 Å². The first kappa shape index (κ1) is 53.9. The topological polar surface area (TPSA) is 196 Å². The number of alkyl halides is 1. The summed E-state index contributed by atoms with van der Waals surface area (Å²) in [6, 6.07) is 10.3. The Hall–Kier alpha value is -5.43. The van der Waals surface area contributed by atoms with Gasteiger partial charge in [-0.3, -0.25) is 10.6 Å². The summed E-state index contributed by atoms with van der Waals surface area (Å²) >= 11 is 12.3. The van der Waals surface area contributed by atoms with Crippen molar-refractivity contribution in [2.24, 2.45) is 9.98 Å². The molecule has 2 aromatic carbocycles. The zero-order chi connectivity index (χ0) is 48.9. The molecule has 2 fully saturated rings. The number of carbonyl (C=O) groups excluding carboxylic acids is 4. The summed E-state index contributed by atoms with van der Waals surface area (Å²) in [6.07, 6.45) is -3.03. The summed E-state index contributed by atoms with van der Waals surface area (Å²) in [6.45, 7) is 24.5. The number of aliphatic imine (C=N–C) groups is 2. The lowest BCUT2D eigenvalue weighted by Gasteiger charge is -2.37. The third kappa shape index (κ3) is 20.1. The van der Waals surface area contributed by atoms with Crippen LogP contribution in [0.3, 0.4) is 0 Å². The van der Waals surface area contributed by atoms with Crippen LogP contribution in [0, 0.1) is 0 Å². The Labute approximate surface area is 391 Å². The SMILES string of the molecule is CC(C)(C)OC(=O)N=C(NC(=O)OC(C)(C)C)N1CCN(c2ccc(O)c(Cl)c2)CC1.CC(C)(C)OC(=O)N=C(NC(=O)OC(C)(C)C)N1CCN(c2ccc(OCCF)c(Cl)c2)CC1. The molecule has 0 atom stereocenters. The molecule has 21 heteroatoms. The van der Waals surface area contributed by atoms with Gasteiger partial charge in [-0.05, 0) is 119 Å². The van der Waals surface area contributed by atoms with Gasteiger partial charge in [-0.15, -0.1) is 9.98 Å². The number of nitrogens with zero attached hydrogens (tertiary/aromatic N) is 6. The number of aromatic hydroxyl groups is 1. The van der Waals surface area contributed by atoms with Crippen molar-refractivity contribution < 1.29 is 52.4 Å². The fourth-order valence-corrected chi connectivity index (χ4v) is 6.29. The number of phenolic OH excluding ortho intramolecular Hbond substituents is 1. The molecule has 2 heterocycles. The van der Waals surface area contributed by atoms with Gasteiger partial charge in [0.2, 0.25) is 11.9 Å². The fraction of sp³-hybridized carbons (Fsp3) is 0.591. The lowest BCUT2D eigenvalue weighted by molar-refractivity contribution is 0.0535. The number of alkyl carbamates (subject to hydrolysis) is 2. The molecule has 3 N–H and O–H groups in total. The van der Waals surface area contributed by atoms with E-state index in [1.165, 1.54) is 0 Å². The Morgan fingerprint density at radius 3 is 1.31 bits per heavy atom. The maximum absolute atomic E-state index is 12.4. The first-order chi connectivity index (χ1) is 30.0. The number of guanidine groups is 2. The highest BCUT2D eigenvalue weighted by Crippen LogP contribution is 2.31. The van der Waals surface area contributed by atoms with Gasteiger partial charge in [0.25, 0.3) is 0 Å². The number of benzene rings is 2. The van der Waals surface area contributed by atoms with Gasteiger partial charge in [-0.2, -0.15) is 0 Å². The number of ether oxygens (including phenoxy) is 5. The van der Waals surface area contributed by atoms with Crippen LogP contribution in [0.15, 0.2) is 46.4 Å². The van der Waals surface area contributed by atoms with Crippen LogP contribution in [-0.2, 0) is 18.9 Å². The molecule has 0 aliphatic carbocycles. The van der Waals surface area contributed by atoms with Crippen LogP contribution < -0.4 is 25.2 Å². The minimum atomic E-state index is -0.809. The zero-order valence-electron chi connectivity index (χ0n) is 39.5. The number of hydrogen-bond acceptors (Lipinski definition) is 12. The molecule has 0 spiro atoms. The van der Waals surface area contributed by atoms with E-state index in [0.717, 1.165) is 11.4 Å². The van der Waals surface area contributed by atoms with Crippen molar-refractivity contribution >= 4 is 70.9 Å². The summed E-state index contributed by atoms with van der Waals surface area (Å²) in [4.78, 5) is 64.9. The van der Waals surface area contributed by atoms with Gasteiger partial charge in [0.05, 0.1) is 10.0 Å². The van der Waals surface area contributed by atoms with E-state index < -0.39 is 53.5 Å². The molecule has 4 rings (SSSR count). The van der Waals surface area contributed by atoms with Gasteiger partial charge in [0.1, 0.15) is 47.2 Å². The monoisotopic (exact) mass is 954 g/mol. The molecule has 65 heavy (non-hydrogen) atoms. The normalized spacial score (nSPS) is 15.3. The number of anilines is 2. The third-order valence-electron chi connectivity index (χ3n) is 8.48. The highest BCUT2D eigenvalue weighted by atomic mass is 35.5. The Bertz CT molecular complexity index is 2010. The highest BCUT2D eigenvalue weighted by Gasteiger charge is 2.28. The summed E-state index contributed by atoms with van der Waals surface area (Å²) in [5.41, 5.74) is -1.10. The zero-order valence-corrected chi connectivity index (χ0v) is 41.0. The van der Waals surface area contributed by atoms with Crippen LogP contribution in [-0.4, -0.2) is 139 Å². The lowest BCUT2D eigenvalue weighted by Crippen LogP contribution is -2.54. The van der Waals surface area contributed by atoms with Crippen LogP contribution in [0.1, 0.15) is 83.1 Å². The Morgan fingerprint density at radius 1 is 0.600 bits per heavy atom. The van der Waals surface area contributed by atoms with E-state index in [0.29, 0.717) is 63.1 Å². The van der Waals surface area contributed by atoms with Gasteiger partial charge in [-0.25, -0.2) is 23.6 Å². The van der Waals surface area contributed by atoms with E-state index in [2.05, 4.69) is 30.4 Å². The molecule has 0 saturated carbocycles. The maximum atomic E-state index is 12.4. The maximum Gasteiger partial charge on any atom is 0.437 e. The quantitative estimate of drug-likeness (QED) is 0.146. The van der Waals surface area contributed by atoms with Crippen molar-refractivity contribution in [2.45, 2.75) is 105 Å². The van der Waals surface area contributed by atoms with E-state index in [9.17, 15) is 28.7 Å². The molecule has 2 aliphatic heterocycles. The number of rotatable bonds is 5. The van der Waals surface area contributed by atoms with Gasteiger partial charge in [0, 0.05) is 63.7 Å². The number of hydrogen-bond donors (Lipinski definition) is 3. The Kier molecular flexibility index (Phi) is 19.2. The second-order valence-corrected chi connectivity index (χ2v) is 19.6. The van der Waals surface area contributed by atoms with Crippen molar-refractivity contribution in [3.63, 3.8) is 0 Å². The third-order valence-corrected chi connectivity index (χ3v) is 9.08. The number of piperazine rings is 2. The standard InChI is InChI=1S/C23H34ClFN4O5.C21H31ClN4O5/c1-22(2,3)33-20(30)26-19(27-21(31)34-23(4,5)6)29-12-10-28(11-13-29)16-7-8-18(17(24)15-16)32-14-9-25;1-20(2,3)30-18(28)23-17(24-19(29)31-21(4,5)6)26-11-9-25(10-12-26)14-7-8-16(27)15(22)13-14/h7-8,15H,9-14H2,1-6H3,(H,26,27,30,31);7-8,13,27H,9-12H2,1-6H3,(H,23,24,28,29). The second-order valence-electron chi connectivity index (χ2n) is 18.8. The largest absolute Gasteiger partial charge is 0.506 e.